The van der Waals surface area contributed by atoms with Crippen LogP contribution in [0.3, 0.4) is 0 Å². The van der Waals surface area contributed by atoms with Crippen LogP contribution in [0.2, 0.25) is 0 Å². The normalized spacial score (nSPS) is 17.7. The first kappa shape index (κ1) is 16.3. The highest BCUT2D eigenvalue weighted by atomic mass is 16.5. The first-order chi connectivity index (χ1) is 12.7. The Hall–Kier alpha value is -3.16. The number of ether oxygens (including phenoxy) is 3. The lowest BCUT2D eigenvalue weighted by molar-refractivity contribution is 0.164. The molecule has 1 atom stereocenters. The van der Waals surface area contributed by atoms with E-state index in [2.05, 4.69) is 15.0 Å². The monoisotopic (exact) mass is 356 g/mol. The highest BCUT2D eigenvalue weighted by Gasteiger charge is 2.26. The summed E-state index contributed by atoms with van der Waals surface area (Å²) in [6, 6.07) is 1.93. The van der Waals surface area contributed by atoms with Gasteiger partial charge in [-0.15, -0.1) is 0 Å². The fourth-order valence-electron chi connectivity index (χ4n) is 3.55. The Balaban J connectivity index is 1.77. The topological polar surface area (TPSA) is 94.2 Å². The first-order valence-electron chi connectivity index (χ1n) is 8.28. The molecule has 0 radical (unpaired) electrons. The van der Waals surface area contributed by atoms with Crippen molar-refractivity contribution in [3.63, 3.8) is 0 Å². The van der Waals surface area contributed by atoms with Crippen LogP contribution in [0.15, 0.2) is 46.6 Å². The third-order valence-electron chi connectivity index (χ3n) is 4.71. The van der Waals surface area contributed by atoms with Crippen molar-refractivity contribution in [2.45, 2.75) is 13.0 Å². The average Bonchev–Trinajstić information content (AvgIpc) is 3.25. The zero-order valence-electron chi connectivity index (χ0n) is 14.8. The third kappa shape index (κ3) is 2.45. The van der Waals surface area contributed by atoms with Gasteiger partial charge in [-0.05, 0) is 12.1 Å². The average molecular weight is 356 g/mol. The first-order valence-corrected chi connectivity index (χ1v) is 8.28. The van der Waals surface area contributed by atoms with Crippen LogP contribution in [0, 0.1) is 5.92 Å². The van der Waals surface area contributed by atoms with E-state index in [4.69, 9.17) is 14.2 Å². The van der Waals surface area contributed by atoms with Gasteiger partial charge in [-0.2, -0.15) is 0 Å². The number of aromatic nitrogens is 4. The number of pyridine rings is 1. The van der Waals surface area contributed by atoms with Crippen LogP contribution >= 0.6 is 0 Å². The summed E-state index contributed by atoms with van der Waals surface area (Å²) in [4.78, 5) is 22.8. The molecule has 0 saturated heterocycles. The number of aromatic amines is 2. The van der Waals surface area contributed by atoms with E-state index in [1.165, 1.54) is 0 Å². The fourth-order valence-corrected chi connectivity index (χ4v) is 3.55. The summed E-state index contributed by atoms with van der Waals surface area (Å²) in [6.45, 7) is 0.486. The van der Waals surface area contributed by atoms with Gasteiger partial charge in [0.25, 0.3) is 0 Å². The lowest BCUT2D eigenvalue weighted by atomic mass is 9.97. The molecule has 3 aromatic rings. The Kier molecular flexibility index (Phi) is 3.95. The van der Waals surface area contributed by atoms with Crippen molar-refractivity contribution in [3.05, 3.63) is 52.3 Å². The van der Waals surface area contributed by atoms with E-state index in [9.17, 15) is 4.79 Å². The second-order valence-corrected chi connectivity index (χ2v) is 6.16. The molecular formula is C18H20N4O4. The molecule has 0 amide bonds. The van der Waals surface area contributed by atoms with Gasteiger partial charge in [0.1, 0.15) is 11.4 Å². The summed E-state index contributed by atoms with van der Waals surface area (Å²) in [5.74, 6) is 1.94. The minimum absolute atomic E-state index is 0.0256. The molecule has 0 aromatic carbocycles. The van der Waals surface area contributed by atoms with E-state index in [-0.39, 0.29) is 11.6 Å². The van der Waals surface area contributed by atoms with Gasteiger partial charge in [0.2, 0.25) is 0 Å². The molecule has 0 saturated carbocycles. The van der Waals surface area contributed by atoms with Gasteiger partial charge >= 0.3 is 5.69 Å². The number of fused-ring (bicyclic) bond motifs is 3. The van der Waals surface area contributed by atoms with Crippen LogP contribution in [-0.2, 0) is 20.8 Å². The van der Waals surface area contributed by atoms with Gasteiger partial charge in [0, 0.05) is 30.5 Å². The number of allylic oxidation sites excluding steroid dienone is 2. The van der Waals surface area contributed by atoms with Gasteiger partial charge < -0.3 is 24.2 Å². The Morgan fingerprint density at radius 3 is 2.85 bits per heavy atom. The summed E-state index contributed by atoms with van der Waals surface area (Å²) in [5, 5.41) is 0.910. The number of hydrogen-bond acceptors (Lipinski definition) is 5. The van der Waals surface area contributed by atoms with E-state index in [1.807, 2.05) is 18.3 Å². The van der Waals surface area contributed by atoms with Crippen molar-refractivity contribution < 1.29 is 14.2 Å². The van der Waals surface area contributed by atoms with Crippen molar-refractivity contribution in [3.8, 4) is 0 Å². The number of methoxy groups -OCH3 is 3. The molecule has 0 bridgehead atoms. The zero-order valence-corrected chi connectivity index (χ0v) is 14.8. The second kappa shape index (κ2) is 6.29. The fraction of sp³-hybridized carbons (Fsp3) is 0.333. The van der Waals surface area contributed by atoms with Crippen LogP contribution in [0.5, 0.6) is 0 Å². The van der Waals surface area contributed by atoms with E-state index in [0.29, 0.717) is 35.8 Å². The molecular weight excluding hydrogens is 336 g/mol. The highest BCUT2D eigenvalue weighted by molar-refractivity contribution is 6.00. The maximum Gasteiger partial charge on any atom is 0.326 e. The van der Waals surface area contributed by atoms with Crippen LogP contribution in [-0.4, -0.2) is 40.8 Å². The van der Waals surface area contributed by atoms with Crippen LogP contribution in [0.4, 0.5) is 0 Å². The van der Waals surface area contributed by atoms with Crippen LogP contribution in [0.25, 0.3) is 22.1 Å². The summed E-state index contributed by atoms with van der Waals surface area (Å²) in [6.07, 6.45) is 6.08. The molecule has 1 aliphatic carbocycles. The number of rotatable bonds is 5. The van der Waals surface area contributed by atoms with Gasteiger partial charge in [-0.3, -0.25) is 4.57 Å². The summed E-state index contributed by atoms with van der Waals surface area (Å²) >= 11 is 0. The van der Waals surface area contributed by atoms with E-state index in [0.717, 1.165) is 16.6 Å². The van der Waals surface area contributed by atoms with Gasteiger partial charge in [-0.1, -0.05) is 0 Å². The molecule has 8 heteroatoms. The predicted molar refractivity (Wildman–Crippen MR) is 96.5 cm³/mol. The van der Waals surface area contributed by atoms with Crippen LogP contribution in [0.1, 0.15) is 6.42 Å². The highest BCUT2D eigenvalue weighted by Crippen LogP contribution is 2.32. The van der Waals surface area contributed by atoms with Gasteiger partial charge in [0.15, 0.2) is 11.5 Å². The Labute approximate surface area is 149 Å². The van der Waals surface area contributed by atoms with E-state index < -0.39 is 0 Å². The van der Waals surface area contributed by atoms with Gasteiger partial charge in [0.05, 0.1) is 38.6 Å². The number of nitrogens with one attached hydrogen (secondary N) is 2. The molecule has 0 spiro atoms. The molecule has 3 heterocycles. The van der Waals surface area contributed by atoms with Crippen molar-refractivity contribution in [2.75, 3.05) is 21.3 Å². The number of H-pyrrole nitrogens is 2. The van der Waals surface area contributed by atoms with Crippen molar-refractivity contribution >= 4 is 22.1 Å². The zero-order chi connectivity index (χ0) is 18.3. The molecule has 0 fully saturated rings. The molecule has 0 aliphatic heterocycles. The minimum atomic E-state index is -0.164. The van der Waals surface area contributed by atoms with Crippen molar-refractivity contribution in [1.29, 1.82) is 0 Å². The Bertz CT molecular complexity index is 1090. The van der Waals surface area contributed by atoms with Crippen LogP contribution < -0.4 is 5.69 Å². The number of hydrogen-bond donors (Lipinski definition) is 2. The van der Waals surface area contributed by atoms with E-state index in [1.54, 1.807) is 32.1 Å². The maximum atomic E-state index is 12.6. The third-order valence-corrected chi connectivity index (χ3v) is 4.71. The molecule has 3 aromatic heterocycles. The van der Waals surface area contributed by atoms with Crippen molar-refractivity contribution in [2.24, 2.45) is 5.92 Å². The van der Waals surface area contributed by atoms with E-state index >= 15 is 0 Å². The summed E-state index contributed by atoms with van der Waals surface area (Å²) in [7, 11) is 4.78. The number of imidazole rings is 1. The quantitative estimate of drug-likeness (QED) is 0.731. The Morgan fingerprint density at radius 2 is 2.12 bits per heavy atom. The molecule has 136 valence electrons. The SMILES string of the molecule is COC1=CC(Cn2c(=O)[nH]c3cnc4[nH]ccc4c32)CC(OC)=C1OC. The smallest absolute Gasteiger partial charge is 0.326 e. The standard InChI is InChI=1S/C18H20N4O4/c1-24-13-6-10(7-14(25-2)16(13)26-3)9-22-15-11-4-5-19-17(11)20-8-12(15)21-18(22)23/h4-6,8,10H,7,9H2,1-3H3,(H,19,20)(H,21,23). The molecule has 2 N–H and O–H groups in total. The Morgan fingerprint density at radius 1 is 1.27 bits per heavy atom. The summed E-state index contributed by atoms with van der Waals surface area (Å²) < 4.78 is 18.1. The molecule has 26 heavy (non-hydrogen) atoms. The largest absolute Gasteiger partial charge is 0.497 e. The predicted octanol–water partition coefficient (Wildman–Crippen LogP) is 2.26. The lowest BCUT2D eigenvalue weighted by Gasteiger charge is -2.24. The minimum Gasteiger partial charge on any atom is -0.497 e. The molecule has 1 unspecified atom stereocenters. The number of nitrogens with zero attached hydrogens (tertiary/aromatic N) is 2. The van der Waals surface area contributed by atoms with Gasteiger partial charge in [-0.25, -0.2) is 9.78 Å². The van der Waals surface area contributed by atoms with Crippen molar-refractivity contribution in [1.82, 2.24) is 19.5 Å². The molecule has 1 aliphatic rings. The molecule has 4 rings (SSSR count). The maximum absolute atomic E-state index is 12.6. The summed E-state index contributed by atoms with van der Waals surface area (Å²) in [5.41, 5.74) is 2.15. The lowest BCUT2D eigenvalue weighted by Crippen LogP contribution is -2.24. The second-order valence-electron chi connectivity index (χ2n) is 6.16. The molecule has 8 nitrogen and oxygen atoms in total.